The van der Waals surface area contributed by atoms with Gasteiger partial charge in [0, 0.05) is 33.1 Å². The van der Waals surface area contributed by atoms with E-state index in [1.807, 2.05) is 0 Å². The van der Waals surface area contributed by atoms with Crippen molar-refractivity contribution < 1.29 is 0 Å². The van der Waals surface area contributed by atoms with Crippen molar-refractivity contribution in [2.24, 2.45) is 0 Å². The standard InChI is InChI=1S/C54H34N2/c1-4-14-35(15-5-1)51-47-33-32-46-44-24-10-11-25-48(44)55(53(46)54(47)56(41-21-8-3-9-22-41)52(51)39-16-6-2-7-17-39)42-23-13-20-40(34-42)43-30-28-38-27-26-36-18-12-19-37-29-31-45(43)50(38)49(36)37/h1-34H. The van der Waals surface area contributed by atoms with Crippen LogP contribution in [0.1, 0.15) is 0 Å². The van der Waals surface area contributed by atoms with Crippen LogP contribution < -0.4 is 0 Å². The Balaban J connectivity index is 1.21. The molecule has 0 fully saturated rings. The smallest absolute Gasteiger partial charge is 0.0789 e. The molecule has 2 aromatic heterocycles. The summed E-state index contributed by atoms with van der Waals surface area (Å²) in [6, 6.07) is 75.7. The van der Waals surface area contributed by atoms with Crippen LogP contribution >= 0.6 is 0 Å². The lowest BCUT2D eigenvalue weighted by Crippen LogP contribution is -2.00. The number of benzene rings is 10. The molecule has 0 aliphatic rings. The molecule has 0 radical (unpaired) electrons. The summed E-state index contributed by atoms with van der Waals surface area (Å²) in [7, 11) is 0. The van der Waals surface area contributed by atoms with E-state index in [0.29, 0.717) is 0 Å². The number of hydrogen-bond acceptors (Lipinski definition) is 0. The minimum atomic E-state index is 1.13. The van der Waals surface area contributed by atoms with E-state index < -0.39 is 0 Å². The first kappa shape index (κ1) is 31.0. The molecule has 0 spiro atoms. The van der Waals surface area contributed by atoms with Gasteiger partial charge in [-0.25, -0.2) is 0 Å². The predicted octanol–water partition coefficient (Wildman–Crippen LogP) is 14.6. The summed E-state index contributed by atoms with van der Waals surface area (Å²) < 4.78 is 5.02. The van der Waals surface area contributed by atoms with E-state index in [4.69, 9.17) is 0 Å². The minimum absolute atomic E-state index is 1.13. The topological polar surface area (TPSA) is 9.86 Å². The normalized spacial score (nSPS) is 11.9. The van der Waals surface area contributed by atoms with Crippen molar-refractivity contribution in [1.29, 1.82) is 0 Å². The fraction of sp³-hybridized carbons (Fsp3) is 0. The van der Waals surface area contributed by atoms with Crippen LogP contribution in [0, 0.1) is 0 Å². The first-order chi connectivity index (χ1) is 27.8. The molecule has 2 nitrogen and oxygen atoms in total. The van der Waals surface area contributed by atoms with E-state index in [2.05, 4.69) is 215 Å². The largest absolute Gasteiger partial charge is 0.307 e. The fourth-order valence-electron chi connectivity index (χ4n) is 9.49. The molecule has 2 heteroatoms. The van der Waals surface area contributed by atoms with Crippen LogP contribution in [0.4, 0.5) is 0 Å². The third-order valence-electron chi connectivity index (χ3n) is 11.8. The third kappa shape index (κ3) is 4.44. The number of rotatable bonds is 5. The third-order valence-corrected chi connectivity index (χ3v) is 11.8. The molecule has 0 saturated heterocycles. The van der Waals surface area contributed by atoms with Crippen molar-refractivity contribution in [1.82, 2.24) is 9.13 Å². The Morgan fingerprint density at radius 1 is 0.304 bits per heavy atom. The molecule has 2 heterocycles. The first-order valence-corrected chi connectivity index (χ1v) is 19.4. The van der Waals surface area contributed by atoms with Crippen molar-refractivity contribution in [3.63, 3.8) is 0 Å². The molecule has 12 aromatic rings. The molecule has 0 unspecified atom stereocenters. The van der Waals surface area contributed by atoms with Gasteiger partial charge in [-0.3, -0.25) is 0 Å². The maximum atomic E-state index is 2.51. The zero-order chi connectivity index (χ0) is 36.7. The average molecular weight is 711 g/mol. The van der Waals surface area contributed by atoms with Gasteiger partial charge >= 0.3 is 0 Å². The second-order valence-electron chi connectivity index (χ2n) is 14.9. The van der Waals surface area contributed by atoms with Crippen LogP contribution in [0.2, 0.25) is 0 Å². The molecule has 0 aliphatic heterocycles. The summed E-state index contributed by atoms with van der Waals surface area (Å²) in [6.07, 6.45) is 0. The Bertz CT molecular complexity index is 3430. The summed E-state index contributed by atoms with van der Waals surface area (Å²) in [6.45, 7) is 0. The maximum absolute atomic E-state index is 2.51. The van der Waals surface area contributed by atoms with Gasteiger partial charge in [-0.1, -0.05) is 176 Å². The molecule has 0 saturated carbocycles. The second kappa shape index (κ2) is 12.0. The van der Waals surface area contributed by atoms with E-state index in [1.54, 1.807) is 0 Å². The van der Waals surface area contributed by atoms with Crippen molar-refractivity contribution in [2.75, 3.05) is 0 Å². The van der Waals surface area contributed by atoms with Gasteiger partial charge in [-0.05, 0) is 84.9 Å². The zero-order valence-electron chi connectivity index (χ0n) is 30.5. The number of fused-ring (bicyclic) bond motifs is 5. The van der Waals surface area contributed by atoms with Crippen molar-refractivity contribution >= 4 is 65.0 Å². The Kier molecular flexibility index (Phi) is 6.66. The molecule has 56 heavy (non-hydrogen) atoms. The lowest BCUT2D eigenvalue weighted by molar-refractivity contribution is 1.12. The van der Waals surface area contributed by atoms with Crippen LogP contribution in [-0.2, 0) is 0 Å². The molecule has 0 aliphatic carbocycles. The first-order valence-electron chi connectivity index (χ1n) is 19.4. The number of para-hydroxylation sites is 2. The van der Waals surface area contributed by atoms with Gasteiger partial charge in [-0.15, -0.1) is 0 Å². The van der Waals surface area contributed by atoms with Crippen molar-refractivity contribution in [2.45, 2.75) is 0 Å². The molecular weight excluding hydrogens is 677 g/mol. The Morgan fingerprint density at radius 2 is 0.857 bits per heavy atom. The average Bonchev–Trinajstić information content (AvgIpc) is 3.80. The van der Waals surface area contributed by atoms with Gasteiger partial charge in [0.25, 0.3) is 0 Å². The summed E-state index contributed by atoms with van der Waals surface area (Å²) in [5, 5.41) is 11.5. The van der Waals surface area contributed by atoms with Gasteiger partial charge in [0.05, 0.1) is 22.2 Å². The quantitative estimate of drug-likeness (QED) is 0.157. The number of hydrogen-bond donors (Lipinski definition) is 0. The van der Waals surface area contributed by atoms with E-state index >= 15 is 0 Å². The minimum Gasteiger partial charge on any atom is -0.307 e. The summed E-state index contributed by atoms with van der Waals surface area (Å²) >= 11 is 0. The molecular formula is C54H34N2. The zero-order valence-corrected chi connectivity index (χ0v) is 30.5. The van der Waals surface area contributed by atoms with E-state index in [9.17, 15) is 0 Å². The van der Waals surface area contributed by atoms with Crippen LogP contribution in [0.15, 0.2) is 206 Å². The summed E-state index contributed by atoms with van der Waals surface area (Å²) in [5.41, 5.74) is 13.1. The van der Waals surface area contributed by atoms with E-state index in [-0.39, 0.29) is 0 Å². The van der Waals surface area contributed by atoms with Crippen LogP contribution in [0.3, 0.4) is 0 Å². The molecule has 0 N–H and O–H groups in total. The SMILES string of the molecule is c1ccc(-c2c(-c3ccccc3)n(-c3ccccc3)c3c2ccc2c4ccccc4n(-c4cccc(-c5ccc6ccc7cccc8ccc5c6c78)c4)c23)cc1. The van der Waals surface area contributed by atoms with E-state index in [0.717, 1.165) is 11.4 Å². The summed E-state index contributed by atoms with van der Waals surface area (Å²) in [5.74, 6) is 0. The van der Waals surface area contributed by atoms with Crippen molar-refractivity contribution in [3.05, 3.63) is 206 Å². The Hall–Kier alpha value is -7.42. The molecule has 0 amide bonds. The van der Waals surface area contributed by atoms with Crippen LogP contribution in [0.25, 0.3) is 110 Å². The van der Waals surface area contributed by atoms with Gasteiger partial charge in [0.1, 0.15) is 0 Å². The number of aromatic nitrogens is 2. The molecule has 0 atom stereocenters. The second-order valence-corrected chi connectivity index (χ2v) is 14.9. The Morgan fingerprint density at radius 3 is 1.64 bits per heavy atom. The number of nitrogens with zero attached hydrogens (tertiary/aromatic N) is 2. The van der Waals surface area contributed by atoms with Gasteiger partial charge in [0.2, 0.25) is 0 Å². The Labute approximate surface area is 324 Å². The molecule has 10 aromatic carbocycles. The highest BCUT2D eigenvalue weighted by Gasteiger charge is 2.26. The van der Waals surface area contributed by atoms with Crippen molar-refractivity contribution in [3.8, 4) is 44.9 Å². The lowest BCUT2D eigenvalue weighted by Gasteiger charge is -2.16. The highest BCUT2D eigenvalue weighted by molar-refractivity contribution is 6.26. The monoisotopic (exact) mass is 710 g/mol. The molecule has 12 rings (SSSR count). The highest BCUT2D eigenvalue weighted by Crippen LogP contribution is 2.48. The molecule has 0 bridgehead atoms. The predicted molar refractivity (Wildman–Crippen MR) is 238 cm³/mol. The van der Waals surface area contributed by atoms with Crippen LogP contribution in [-0.4, -0.2) is 9.13 Å². The molecule has 260 valence electrons. The van der Waals surface area contributed by atoms with Gasteiger partial charge < -0.3 is 9.13 Å². The van der Waals surface area contributed by atoms with E-state index in [1.165, 1.54) is 98.5 Å². The van der Waals surface area contributed by atoms with Gasteiger partial charge in [0.15, 0.2) is 0 Å². The van der Waals surface area contributed by atoms with Gasteiger partial charge in [-0.2, -0.15) is 0 Å². The summed E-state index contributed by atoms with van der Waals surface area (Å²) in [4.78, 5) is 0. The highest BCUT2D eigenvalue weighted by atomic mass is 15.1. The maximum Gasteiger partial charge on any atom is 0.0789 e. The van der Waals surface area contributed by atoms with Crippen LogP contribution in [0.5, 0.6) is 0 Å². The lowest BCUT2D eigenvalue weighted by atomic mass is 9.90. The fourth-order valence-corrected chi connectivity index (χ4v) is 9.49.